The molecule has 0 amide bonds. The lowest BCUT2D eigenvalue weighted by molar-refractivity contribution is 0.0889. The third-order valence-corrected chi connectivity index (χ3v) is 5.34. The van der Waals surface area contributed by atoms with Gasteiger partial charge in [-0.15, -0.1) is 0 Å². The van der Waals surface area contributed by atoms with Crippen molar-refractivity contribution in [1.82, 2.24) is 0 Å². The van der Waals surface area contributed by atoms with Gasteiger partial charge in [0.1, 0.15) is 0 Å². The van der Waals surface area contributed by atoms with Gasteiger partial charge in [-0.25, -0.2) is 8.78 Å². The predicted octanol–water partition coefficient (Wildman–Crippen LogP) is 6.79. The maximum Gasteiger partial charge on any atom is 0.251 e. The highest BCUT2D eigenvalue weighted by molar-refractivity contribution is 4.96. The zero-order valence-corrected chi connectivity index (χ0v) is 15.0. The van der Waals surface area contributed by atoms with E-state index in [1.165, 1.54) is 32.1 Å². The van der Waals surface area contributed by atoms with Gasteiger partial charge in [0.2, 0.25) is 0 Å². The molecule has 0 heterocycles. The molecule has 21 heavy (non-hydrogen) atoms. The van der Waals surface area contributed by atoms with Gasteiger partial charge >= 0.3 is 0 Å². The molecule has 1 unspecified atom stereocenters. The maximum atomic E-state index is 12.0. The zero-order valence-electron chi connectivity index (χ0n) is 15.0. The van der Waals surface area contributed by atoms with Crippen molar-refractivity contribution in [2.24, 2.45) is 35.5 Å². The Morgan fingerprint density at radius 1 is 0.714 bits per heavy atom. The van der Waals surface area contributed by atoms with Crippen LogP contribution in [0.15, 0.2) is 0 Å². The first-order valence-electron chi connectivity index (χ1n) is 9.03. The largest absolute Gasteiger partial charge is 0.251 e. The monoisotopic (exact) mass is 302 g/mol. The fraction of sp³-hybridized carbons (Fsp3) is 1.00. The zero-order chi connectivity index (χ0) is 16.2. The summed E-state index contributed by atoms with van der Waals surface area (Å²) in [5, 5.41) is 0. The van der Waals surface area contributed by atoms with Gasteiger partial charge in [-0.2, -0.15) is 0 Å². The molecule has 0 aromatic heterocycles. The van der Waals surface area contributed by atoms with Crippen LogP contribution in [0.3, 0.4) is 0 Å². The highest BCUT2D eigenvalue weighted by Crippen LogP contribution is 2.52. The standard InChI is InChI=1S/C7H14.C6H10F2.C6H12/c1-6(2)7-4-3-5-7;1-4(2)5-3-6(5,7)8;1-5(2)6-3-4-6/h6-7H,3-5H2,1-2H3;4-5H,3H2,1-2H3;5-6H,3-4H2,1-2H3. The van der Waals surface area contributed by atoms with Crippen LogP contribution in [0.4, 0.5) is 8.78 Å². The second-order valence-corrected chi connectivity index (χ2v) is 8.33. The second-order valence-electron chi connectivity index (χ2n) is 8.33. The summed E-state index contributed by atoms with van der Waals surface area (Å²) in [6.45, 7) is 12.9. The Morgan fingerprint density at radius 2 is 1.10 bits per heavy atom. The van der Waals surface area contributed by atoms with Crippen LogP contribution in [0, 0.1) is 35.5 Å². The Kier molecular flexibility index (Phi) is 7.13. The summed E-state index contributed by atoms with van der Waals surface area (Å²) in [5.41, 5.74) is 0. The number of hydrogen-bond acceptors (Lipinski definition) is 0. The van der Waals surface area contributed by atoms with Crippen molar-refractivity contribution in [2.45, 2.75) is 86.0 Å². The molecule has 0 nitrogen and oxygen atoms in total. The maximum absolute atomic E-state index is 12.0. The molecule has 3 aliphatic rings. The van der Waals surface area contributed by atoms with Crippen LogP contribution >= 0.6 is 0 Å². The van der Waals surface area contributed by atoms with Crippen LogP contribution < -0.4 is 0 Å². The van der Waals surface area contributed by atoms with Gasteiger partial charge < -0.3 is 0 Å². The number of hydrogen-bond donors (Lipinski definition) is 0. The number of rotatable bonds is 3. The van der Waals surface area contributed by atoms with Gasteiger partial charge in [-0.05, 0) is 42.4 Å². The van der Waals surface area contributed by atoms with E-state index in [4.69, 9.17) is 0 Å². The van der Waals surface area contributed by atoms with E-state index in [1.807, 2.05) is 13.8 Å². The molecule has 2 heteroatoms. The van der Waals surface area contributed by atoms with Crippen LogP contribution in [0.25, 0.3) is 0 Å². The van der Waals surface area contributed by atoms with E-state index in [1.54, 1.807) is 0 Å². The molecule has 3 rings (SSSR count). The van der Waals surface area contributed by atoms with Crippen molar-refractivity contribution in [3.8, 4) is 0 Å². The lowest BCUT2D eigenvalue weighted by atomic mass is 9.78. The Morgan fingerprint density at radius 3 is 1.10 bits per heavy atom. The van der Waals surface area contributed by atoms with Crippen molar-refractivity contribution in [2.75, 3.05) is 0 Å². The molecule has 0 saturated heterocycles. The van der Waals surface area contributed by atoms with Crippen LogP contribution in [0.5, 0.6) is 0 Å². The molecule has 0 aromatic carbocycles. The lowest BCUT2D eigenvalue weighted by Crippen LogP contribution is -2.16. The molecule has 3 saturated carbocycles. The smallest absolute Gasteiger partial charge is 0.207 e. The first-order valence-corrected chi connectivity index (χ1v) is 9.03. The molecule has 0 radical (unpaired) electrons. The summed E-state index contributed by atoms with van der Waals surface area (Å²) >= 11 is 0. The molecule has 0 bridgehead atoms. The van der Waals surface area contributed by atoms with E-state index in [0.29, 0.717) is 0 Å². The van der Waals surface area contributed by atoms with Crippen LogP contribution in [-0.2, 0) is 0 Å². The average Bonchev–Trinajstić information content (AvgIpc) is 3.11. The quantitative estimate of drug-likeness (QED) is 0.538. The van der Waals surface area contributed by atoms with Gasteiger partial charge in [0.05, 0.1) is 0 Å². The summed E-state index contributed by atoms with van der Waals surface area (Å²) < 4.78 is 24.1. The molecule has 0 N–H and O–H groups in total. The lowest BCUT2D eigenvalue weighted by Gasteiger charge is -2.28. The van der Waals surface area contributed by atoms with Crippen molar-refractivity contribution in [1.29, 1.82) is 0 Å². The first kappa shape index (κ1) is 18.9. The predicted molar refractivity (Wildman–Crippen MR) is 87.6 cm³/mol. The van der Waals surface area contributed by atoms with E-state index < -0.39 is 5.92 Å². The van der Waals surface area contributed by atoms with Crippen LogP contribution in [0.1, 0.15) is 80.1 Å². The van der Waals surface area contributed by atoms with E-state index in [9.17, 15) is 8.78 Å². The second kappa shape index (κ2) is 7.92. The molecular formula is C19H36F2. The van der Waals surface area contributed by atoms with Crippen molar-refractivity contribution in [3.05, 3.63) is 0 Å². The normalized spacial score (nSPS) is 26.7. The van der Waals surface area contributed by atoms with Gasteiger partial charge in [0.15, 0.2) is 0 Å². The number of halogens is 2. The number of alkyl halides is 2. The molecule has 3 fully saturated rings. The highest BCUT2D eigenvalue weighted by Gasteiger charge is 2.57. The third kappa shape index (κ3) is 7.10. The van der Waals surface area contributed by atoms with E-state index in [2.05, 4.69) is 27.7 Å². The van der Waals surface area contributed by atoms with Gasteiger partial charge in [0.25, 0.3) is 5.92 Å². The van der Waals surface area contributed by atoms with Crippen LogP contribution in [0.2, 0.25) is 0 Å². The summed E-state index contributed by atoms with van der Waals surface area (Å²) in [4.78, 5) is 0. The molecular weight excluding hydrogens is 266 g/mol. The SMILES string of the molecule is CC(C)C1CC1.CC(C)C1CC1(F)F.CC(C)C1CCC1. The van der Waals surface area contributed by atoms with Crippen molar-refractivity contribution < 1.29 is 8.78 Å². The summed E-state index contributed by atoms with van der Waals surface area (Å²) in [5.74, 6) is 1.63. The minimum Gasteiger partial charge on any atom is -0.207 e. The first-order chi connectivity index (χ1) is 9.65. The molecule has 126 valence electrons. The molecule has 0 aliphatic heterocycles. The molecule has 3 aliphatic carbocycles. The van der Waals surface area contributed by atoms with Gasteiger partial charge in [0, 0.05) is 12.3 Å². The minimum absolute atomic E-state index is 0.116. The Hall–Kier alpha value is -0.140. The fourth-order valence-corrected chi connectivity index (χ4v) is 2.83. The fourth-order valence-electron chi connectivity index (χ4n) is 2.83. The summed E-state index contributed by atoms with van der Waals surface area (Å²) in [6, 6.07) is 0. The molecule has 1 atom stereocenters. The van der Waals surface area contributed by atoms with Crippen molar-refractivity contribution in [3.63, 3.8) is 0 Å². The molecule has 0 aromatic rings. The Balaban J connectivity index is 0.000000159. The Bertz CT molecular complexity index is 286. The average molecular weight is 302 g/mol. The van der Waals surface area contributed by atoms with Crippen molar-refractivity contribution >= 4 is 0 Å². The van der Waals surface area contributed by atoms with E-state index in [-0.39, 0.29) is 18.3 Å². The van der Waals surface area contributed by atoms with Crippen LogP contribution in [-0.4, -0.2) is 5.92 Å². The Labute approximate surface area is 131 Å². The topological polar surface area (TPSA) is 0 Å². The van der Waals surface area contributed by atoms with Gasteiger partial charge in [-0.3, -0.25) is 0 Å². The van der Waals surface area contributed by atoms with E-state index >= 15 is 0 Å². The minimum atomic E-state index is -2.31. The summed E-state index contributed by atoms with van der Waals surface area (Å²) in [7, 11) is 0. The third-order valence-electron chi connectivity index (χ3n) is 5.34. The van der Waals surface area contributed by atoms with E-state index in [0.717, 1.165) is 23.7 Å². The highest BCUT2D eigenvalue weighted by atomic mass is 19.3. The van der Waals surface area contributed by atoms with Gasteiger partial charge in [-0.1, -0.05) is 60.8 Å². The summed E-state index contributed by atoms with van der Waals surface area (Å²) in [6.07, 6.45) is 7.60. The molecule has 0 spiro atoms.